The van der Waals surface area contributed by atoms with Crippen LogP contribution in [-0.2, 0) is 16.0 Å². The molecule has 0 atom stereocenters. The Morgan fingerprint density at radius 3 is 2.76 bits per heavy atom. The van der Waals surface area contributed by atoms with Gasteiger partial charge in [-0.25, -0.2) is 0 Å². The summed E-state index contributed by atoms with van der Waals surface area (Å²) in [6.45, 7) is 8.35. The molecular weight excluding hydrogens is 282 g/mol. The van der Waals surface area contributed by atoms with Crippen LogP contribution in [0.5, 0.6) is 5.75 Å². The molecule has 0 aromatic heterocycles. The molecule has 5 heteroatoms. The maximum atomic E-state index is 5.78. The summed E-state index contributed by atoms with van der Waals surface area (Å²) in [5.74, 6) is 1.13. The van der Waals surface area contributed by atoms with Crippen molar-refractivity contribution in [2.75, 3.05) is 26.5 Å². The number of fused-ring (bicyclic) bond motifs is 1. The lowest BCUT2D eigenvalue weighted by molar-refractivity contribution is -0.0828. The van der Waals surface area contributed by atoms with Crippen LogP contribution in [0.25, 0.3) is 0 Å². The summed E-state index contributed by atoms with van der Waals surface area (Å²) in [6.07, 6.45) is 1.20. The highest BCUT2D eigenvalue weighted by atomic mass is 28.2. The Balaban J connectivity index is 1.65. The molecule has 118 valence electrons. The monoisotopic (exact) mass is 309 g/mol. The van der Waals surface area contributed by atoms with Gasteiger partial charge in [-0.1, -0.05) is 24.2 Å². The minimum atomic E-state index is -0.314. The number of benzene rings is 1. The Morgan fingerprint density at radius 1 is 1.24 bits per heavy atom. The summed E-state index contributed by atoms with van der Waals surface area (Å²) >= 11 is 0. The SMILES string of the molecule is CCOC(OCC)[SiH2]CCCN1COc2ccccc2C1. The van der Waals surface area contributed by atoms with Crippen LogP contribution in [-0.4, -0.2) is 46.8 Å². The summed E-state index contributed by atoms with van der Waals surface area (Å²) in [5, 5.41) is 0. The molecule has 1 aromatic rings. The van der Waals surface area contributed by atoms with Crippen LogP contribution in [0.3, 0.4) is 0 Å². The highest BCUT2D eigenvalue weighted by molar-refractivity contribution is 6.36. The zero-order valence-electron chi connectivity index (χ0n) is 13.2. The van der Waals surface area contributed by atoms with Crippen LogP contribution in [0, 0.1) is 0 Å². The van der Waals surface area contributed by atoms with Gasteiger partial charge in [0.15, 0.2) is 0 Å². The molecule has 0 amide bonds. The second-order valence-corrected chi connectivity index (χ2v) is 7.22. The minimum Gasteiger partial charge on any atom is -0.478 e. The lowest BCUT2D eigenvalue weighted by Crippen LogP contribution is -2.33. The van der Waals surface area contributed by atoms with Crippen LogP contribution < -0.4 is 4.74 Å². The van der Waals surface area contributed by atoms with Crippen molar-refractivity contribution < 1.29 is 14.2 Å². The minimum absolute atomic E-state index is 0.0957. The van der Waals surface area contributed by atoms with Crippen LogP contribution in [0.4, 0.5) is 0 Å². The molecule has 0 fully saturated rings. The molecule has 0 N–H and O–H groups in total. The van der Waals surface area contributed by atoms with Gasteiger partial charge in [-0.15, -0.1) is 0 Å². The predicted octanol–water partition coefficient (Wildman–Crippen LogP) is 2.17. The summed E-state index contributed by atoms with van der Waals surface area (Å²) < 4.78 is 17.0. The van der Waals surface area contributed by atoms with E-state index in [2.05, 4.69) is 17.0 Å². The zero-order valence-corrected chi connectivity index (χ0v) is 14.6. The third-order valence-electron chi connectivity index (χ3n) is 3.64. The molecule has 21 heavy (non-hydrogen) atoms. The van der Waals surface area contributed by atoms with E-state index in [0.717, 1.165) is 32.1 Å². The van der Waals surface area contributed by atoms with E-state index >= 15 is 0 Å². The quantitative estimate of drug-likeness (QED) is 0.397. The van der Waals surface area contributed by atoms with Gasteiger partial charge in [-0.05, 0) is 26.3 Å². The fourth-order valence-electron chi connectivity index (χ4n) is 2.60. The molecule has 0 unspecified atom stereocenters. The molecule has 2 rings (SSSR count). The maximum absolute atomic E-state index is 5.78. The number of hydrogen-bond donors (Lipinski definition) is 0. The Morgan fingerprint density at radius 2 is 2.00 bits per heavy atom. The first-order chi connectivity index (χ1) is 10.3. The molecule has 1 aliphatic heterocycles. The van der Waals surface area contributed by atoms with Crippen molar-refractivity contribution >= 4 is 9.52 Å². The lowest BCUT2D eigenvalue weighted by Gasteiger charge is -2.29. The summed E-state index contributed by atoms with van der Waals surface area (Å²) in [6, 6.07) is 9.56. The first kappa shape index (κ1) is 16.5. The van der Waals surface area contributed by atoms with Gasteiger partial charge in [0.05, 0.1) is 9.52 Å². The Hall–Kier alpha value is -0.883. The highest BCUT2D eigenvalue weighted by Crippen LogP contribution is 2.24. The normalized spacial score (nSPS) is 15.6. The van der Waals surface area contributed by atoms with E-state index < -0.39 is 0 Å². The fraction of sp³-hybridized carbons (Fsp3) is 0.625. The van der Waals surface area contributed by atoms with E-state index in [1.807, 2.05) is 26.0 Å². The fourth-order valence-corrected chi connectivity index (χ4v) is 4.25. The third-order valence-corrected chi connectivity index (χ3v) is 5.49. The van der Waals surface area contributed by atoms with E-state index in [1.54, 1.807) is 0 Å². The second kappa shape index (κ2) is 9.20. The Bertz CT molecular complexity index is 410. The average Bonchev–Trinajstić information content (AvgIpc) is 2.52. The molecule has 1 aliphatic rings. The van der Waals surface area contributed by atoms with Crippen molar-refractivity contribution in [3.63, 3.8) is 0 Å². The topological polar surface area (TPSA) is 30.9 Å². The van der Waals surface area contributed by atoms with Crippen molar-refractivity contribution in [2.24, 2.45) is 0 Å². The van der Waals surface area contributed by atoms with Crippen molar-refractivity contribution in [2.45, 2.75) is 38.8 Å². The van der Waals surface area contributed by atoms with Crippen molar-refractivity contribution in [1.29, 1.82) is 0 Å². The molecule has 0 saturated carbocycles. The van der Waals surface area contributed by atoms with Gasteiger partial charge in [0, 0.05) is 31.9 Å². The third kappa shape index (κ3) is 5.43. The summed E-state index contributed by atoms with van der Waals surface area (Å²) in [4.78, 5) is 2.37. The van der Waals surface area contributed by atoms with E-state index in [9.17, 15) is 0 Å². The van der Waals surface area contributed by atoms with Gasteiger partial charge < -0.3 is 14.2 Å². The first-order valence-electron chi connectivity index (χ1n) is 7.99. The molecule has 0 saturated heterocycles. The standard InChI is InChI=1S/C16H27NO3Si/c1-3-18-16(19-4-2)21-11-7-10-17-12-14-8-5-6-9-15(14)20-13-17/h5-6,8-9,16H,3-4,7,10-13,21H2,1-2H3. The van der Waals surface area contributed by atoms with Crippen LogP contribution >= 0.6 is 0 Å². The van der Waals surface area contributed by atoms with Gasteiger partial charge in [0.2, 0.25) is 0 Å². The van der Waals surface area contributed by atoms with Crippen LogP contribution in [0.1, 0.15) is 25.8 Å². The van der Waals surface area contributed by atoms with Gasteiger partial charge in [-0.3, -0.25) is 4.90 Å². The summed E-state index contributed by atoms with van der Waals surface area (Å²) in [7, 11) is -0.314. The molecule has 4 nitrogen and oxygen atoms in total. The van der Waals surface area contributed by atoms with E-state index in [1.165, 1.54) is 18.0 Å². The Kier molecular flexibility index (Phi) is 7.22. The molecule has 1 heterocycles. The number of para-hydroxylation sites is 1. The molecule has 0 spiro atoms. The van der Waals surface area contributed by atoms with Gasteiger partial charge in [-0.2, -0.15) is 0 Å². The molecule has 0 radical (unpaired) electrons. The average molecular weight is 309 g/mol. The number of hydrogen-bond acceptors (Lipinski definition) is 4. The number of ether oxygens (including phenoxy) is 3. The van der Waals surface area contributed by atoms with Crippen molar-refractivity contribution in [3.05, 3.63) is 29.8 Å². The zero-order chi connectivity index (χ0) is 14.9. The van der Waals surface area contributed by atoms with Crippen LogP contribution in [0.15, 0.2) is 24.3 Å². The number of rotatable bonds is 9. The summed E-state index contributed by atoms with van der Waals surface area (Å²) in [5.41, 5.74) is 1.29. The van der Waals surface area contributed by atoms with Crippen LogP contribution in [0.2, 0.25) is 6.04 Å². The molecule has 1 aromatic carbocycles. The Labute approximate surface area is 130 Å². The van der Waals surface area contributed by atoms with E-state index in [4.69, 9.17) is 14.2 Å². The van der Waals surface area contributed by atoms with Gasteiger partial charge in [0.1, 0.15) is 18.4 Å². The van der Waals surface area contributed by atoms with E-state index in [-0.39, 0.29) is 15.4 Å². The highest BCUT2D eigenvalue weighted by Gasteiger charge is 2.16. The smallest absolute Gasteiger partial charge is 0.142 e. The van der Waals surface area contributed by atoms with Gasteiger partial charge in [0.25, 0.3) is 0 Å². The van der Waals surface area contributed by atoms with E-state index in [0.29, 0.717) is 6.73 Å². The lowest BCUT2D eigenvalue weighted by atomic mass is 10.1. The second-order valence-electron chi connectivity index (χ2n) is 5.27. The molecule has 0 aliphatic carbocycles. The molecule has 0 bridgehead atoms. The largest absolute Gasteiger partial charge is 0.478 e. The number of nitrogens with zero attached hydrogens (tertiary/aromatic N) is 1. The first-order valence-corrected chi connectivity index (χ1v) is 9.81. The maximum Gasteiger partial charge on any atom is 0.142 e. The van der Waals surface area contributed by atoms with Gasteiger partial charge >= 0.3 is 0 Å². The van der Waals surface area contributed by atoms with Crippen molar-refractivity contribution in [1.82, 2.24) is 4.90 Å². The molecular formula is C16H27NO3Si. The predicted molar refractivity (Wildman–Crippen MR) is 87.4 cm³/mol. The van der Waals surface area contributed by atoms with Crippen molar-refractivity contribution in [3.8, 4) is 5.75 Å².